The van der Waals surface area contributed by atoms with E-state index in [1.165, 1.54) is 11.1 Å². The Morgan fingerprint density at radius 1 is 1.29 bits per heavy atom. The first kappa shape index (κ1) is 17.1. The second kappa shape index (κ2) is 5.96. The van der Waals surface area contributed by atoms with Crippen LogP contribution in [0.5, 0.6) is 5.75 Å². The molecule has 0 saturated carbocycles. The van der Waals surface area contributed by atoms with Gasteiger partial charge in [-0.1, -0.05) is 6.07 Å². The predicted octanol–water partition coefficient (Wildman–Crippen LogP) is 2.85. The molecule has 1 aliphatic heterocycles. The van der Waals surface area contributed by atoms with Crippen LogP contribution in [-0.4, -0.2) is 42.8 Å². The molecule has 24 heavy (non-hydrogen) atoms. The summed E-state index contributed by atoms with van der Waals surface area (Å²) in [4.78, 5) is 14.1. The van der Waals surface area contributed by atoms with Gasteiger partial charge in [0.25, 0.3) is 0 Å². The zero-order valence-corrected chi connectivity index (χ0v) is 15.1. The van der Waals surface area contributed by atoms with Crippen LogP contribution in [0.4, 0.5) is 4.79 Å². The van der Waals surface area contributed by atoms with Crippen LogP contribution >= 0.6 is 0 Å². The van der Waals surface area contributed by atoms with Crippen molar-refractivity contribution in [2.45, 2.75) is 57.1 Å². The quantitative estimate of drug-likeness (QED) is 0.859. The molecule has 3 rings (SSSR count). The van der Waals surface area contributed by atoms with Crippen LogP contribution in [0.3, 0.4) is 0 Å². The van der Waals surface area contributed by atoms with Crippen molar-refractivity contribution < 1.29 is 14.3 Å². The highest BCUT2D eigenvalue weighted by atomic mass is 16.6. The van der Waals surface area contributed by atoms with Gasteiger partial charge in [-0.15, -0.1) is 0 Å². The average molecular weight is 332 g/mol. The molecule has 0 bridgehead atoms. The summed E-state index contributed by atoms with van der Waals surface area (Å²) in [7, 11) is 1.69. The van der Waals surface area contributed by atoms with Crippen molar-refractivity contribution in [3.63, 3.8) is 0 Å². The van der Waals surface area contributed by atoms with Crippen molar-refractivity contribution in [1.82, 2.24) is 4.90 Å². The fourth-order valence-electron chi connectivity index (χ4n) is 4.01. The molecule has 0 aromatic heterocycles. The number of amides is 1. The smallest absolute Gasteiger partial charge is 0.410 e. The number of hydrogen-bond acceptors (Lipinski definition) is 4. The third-order valence-electron chi connectivity index (χ3n) is 5.31. The summed E-state index contributed by atoms with van der Waals surface area (Å²) in [5.41, 5.74) is 8.64. The molecule has 1 fully saturated rings. The molecule has 1 amide bonds. The third-order valence-corrected chi connectivity index (χ3v) is 5.31. The summed E-state index contributed by atoms with van der Waals surface area (Å²) in [5, 5.41) is 0. The lowest BCUT2D eigenvalue weighted by Crippen LogP contribution is -2.52. The molecule has 1 saturated heterocycles. The molecule has 1 heterocycles. The SMILES string of the molecule is COc1ccc2c(c1)C1(CCN(C(=O)OC(C)(C)C)CC1)[C@H](N)C2. The molecule has 0 unspecified atom stereocenters. The number of fused-ring (bicyclic) bond motifs is 2. The highest BCUT2D eigenvalue weighted by Crippen LogP contribution is 2.46. The van der Waals surface area contributed by atoms with Gasteiger partial charge >= 0.3 is 6.09 Å². The van der Waals surface area contributed by atoms with Gasteiger partial charge in [0.1, 0.15) is 11.4 Å². The van der Waals surface area contributed by atoms with Crippen LogP contribution in [0.15, 0.2) is 18.2 Å². The van der Waals surface area contributed by atoms with E-state index >= 15 is 0 Å². The second-order valence-corrected chi connectivity index (χ2v) is 7.96. The fourth-order valence-corrected chi connectivity index (χ4v) is 4.01. The van der Waals surface area contributed by atoms with E-state index in [2.05, 4.69) is 12.1 Å². The molecule has 1 aromatic carbocycles. The number of carbonyl (C=O) groups is 1. The highest BCUT2D eigenvalue weighted by Gasteiger charge is 2.47. The van der Waals surface area contributed by atoms with Gasteiger partial charge in [-0.3, -0.25) is 0 Å². The van der Waals surface area contributed by atoms with E-state index in [4.69, 9.17) is 15.2 Å². The molecule has 1 aliphatic carbocycles. The number of hydrogen-bond donors (Lipinski definition) is 1. The standard InChI is InChI=1S/C19H28N2O3/c1-18(2,3)24-17(22)21-9-7-19(8-10-21)15-12-14(23-4)6-5-13(15)11-16(19)20/h5-6,12,16H,7-11,20H2,1-4H3/t16-/m1/s1. The number of methoxy groups -OCH3 is 1. The van der Waals surface area contributed by atoms with E-state index < -0.39 is 5.60 Å². The van der Waals surface area contributed by atoms with Crippen molar-refractivity contribution >= 4 is 6.09 Å². The van der Waals surface area contributed by atoms with Gasteiger partial charge in [0.15, 0.2) is 0 Å². The molecule has 2 N–H and O–H groups in total. The maximum atomic E-state index is 12.3. The van der Waals surface area contributed by atoms with Crippen molar-refractivity contribution in [2.75, 3.05) is 20.2 Å². The Bertz CT molecular complexity index is 628. The van der Waals surface area contributed by atoms with E-state index in [-0.39, 0.29) is 17.6 Å². The Labute approximate surface area is 144 Å². The second-order valence-electron chi connectivity index (χ2n) is 7.96. The van der Waals surface area contributed by atoms with Gasteiger partial charge < -0.3 is 20.1 Å². The number of piperidine rings is 1. The Kier molecular flexibility index (Phi) is 4.24. The molecule has 1 spiro atoms. The minimum atomic E-state index is -0.462. The van der Waals surface area contributed by atoms with Crippen molar-refractivity contribution in [3.8, 4) is 5.75 Å². The third kappa shape index (κ3) is 2.97. The lowest BCUT2D eigenvalue weighted by atomic mass is 9.71. The molecular formula is C19H28N2O3. The van der Waals surface area contributed by atoms with E-state index in [0.717, 1.165) is 25.0 Å². The highest BCUT2D eigenvalue weighted by molar-refractivity contribution is 5.68. The molecule has 1 aromatic rings. The van der Waals surface area contributed by atoms with Gasteiger partial charge in [0, 0.05) is 24.5 Å². The molecule has 5 nitrogen and oxygen atoms in total. The largest absolute Gasteiger partial charge is 0.497 e. The fraction of sp³-hybridized carbons (Fsp3) is 0.632. The summed E-state index contributed by atoms with van der Waals surface area (Å²) in [6.07, 6.45) is 2.40. The van der Waals surface area contributed by atoms with Crippen molar-refractivity contribution in [3.05, 3.63) is 29.3 Å². The minimum Gasteiger partial charge on any atom is -0.497 e. The van der Waals surface area contributed by atoms with Crippen LogP contribution in [0.1, 0.15) is 44.7 Å². The van der Waals surface area contributed by atoms with Gasteiger partial charge in [0.05, 0.1) is 7.11 Å². The summed E-state index contributed by atoms with van der Waals surface area (Å²) in [6.45, 7) is 7.04. The zero-order chi connectivity index (χ0) is 17.5. The van der Waals surface area contributed by atoms with Crippen LogP contribution in [-0.2, 0) is 16.6 Å². The number of carbonyl (C=O) groups excluding carboxylic acids is 1. The Balaban J connectivity index is 1.77. The Hall–Kier alpha value is -1.75. The maximum Gasteiger partial charge on any atom is 0.410 e. The number of ether oxygens (including phenoxy) is 2. The van der Waals surface area contributed by atoms with E-state index in [1.54, 1.807) is 12.0 Å². The first-order valence-corrected chi connectivity index (χ1v) is 8.66. The van der Waals surface area contributed by atoms with Crippen LogP contribution in [0.25, 0.3) is 0 Å². The molecule has 0 radical (unpaired) electrons. The summed E-state index contributed by atoms with van der Waals surface area (Å²) < 4.78 is 10.9. The maximum absolute atomic E-state index is 12.3. The van der Waals surface area contributed by atoms with Crippen molar-refractivity contribution in [1.29, 1.82) is 0 Å². The summed E-state index contributed by atoms with van der Waals surface area (Å²) in [6, 6.07) is 6.36. The van der Waals surface area contributed by atoms with E-state index in [0.29, 0.717) is 13.1 Å². The molecule has 2 aliphatic rings. The van der Waals surface area contributed by atoms with Crippen molar-refractivity contribution in [2.24, 2.45) is 5.73 Å². The summed E-state index contributed by atoms with van der Waals surface area (Å²) in [5.74, 6) is 0.872. The first-order valence-electron chi connectivity index (χ1n) is 8.66. The minimum absolute atomic E-state index is 0.0532. The van der Waals surface area contributed by atoms with Gasteiger partial charge in [-0.25, -0.2) is 4.79 Å². The number of rotatable bonds is 1. The molecule has 5 heteroatoms. The molecule has 1 atom stereocenters. The topological polar surface area (TPSA) is 64.8 Å². The predicted molar refractivity (Wildman–Crippen MR) is 93.4 cm³/mol. The number of nitrogens with two attached hydrogens (primary N) is 1. The van der Waals surface area contributed by atoms with E-state index in [1.807, 2.05) is 26.8 Å². The van der Waals surface area contributed by atoms with Gasteiger partial charge in [-0.05, 0) is 63.3 Å². The lowest BCUT2D eigenvalue weighted by molar-refractivity contribution is 0.0155. The van der Waals surface area contributed by atoms with Crippen LogP contribution in [0.2, 0.25) is 0 Å². The molecule has 132 valence electrons. The Morgan fingerprint density at radius 3 is 2.54 bits per heavy atom. The normalized spacial score (nSPS) is 22.4. The van der Waals surface area contributed by atoms with Crippen LogP contribution in [0, 0.1) is 0 Å². The lowest BCUT2D eigenvalue weighted by Gasteiger charge is -2.43. The first-order chi connectivity index (χ1) is 11.2. The number of nitrogens with zero attached hydrogens (tertiary/aromatic N) is 1. The molecular weight excluding hydrogens is 304 g/mol. The zero-order valence-electron chi connectivity index (χ0n) is 15.1. The van der Waals surface area contributed by atoms with E-state index in [9.17, 15) is 4.79 Å². The number of benzene rings is 1. The monoisotopic (exact) mass is 332 g/mol. The summed E-state index contributed by atoms with van der Waals surface area (Å²) >= 11 is 0. The Morgan fingerprint density at radius 2 is 1.96 bits per heavy atom. The van der Waals surface area contributed by atoms with Crippen LogP contribution < -0.4 is 10.5 Å². The van der Waals surface area contributed by atoms with Gasteiger partial charge in [-0.2, -0.15) is 0 Å². The average Bonchev–Trinajstić information content (AvgIpc) is 2.78. The van der Waals surface area contributed by atoms with Gasteiger partial charge in [0.2, 0.25) is 0 Å². The number of likely N-dealkylation sites (tertiary alicyclic amines) is 1.